The molecule has 38 heavy (non-hydrogen) atoms. The molecule has 0 radical (unpaired) electrons. The van der Waals surface area contributed by atoms with E-state index in [0.717, 1.165) is 84.1 Å². The van der Waals surface area contributed by atoms with E-state index in [4.69, 9.17) is 9.47 Å². The lowest BCUT2D eigenvalue weighted by molar-refractivity contribution is -0.134. The summed E-state index contributed by atoms with van der Waals surface area (Å²) < 4.78 is 11.0. The number of nitrogens with zero attached hydrogens (tertiary/aromatic N) is 4. The van der Waals surface area contributed by atoms with Gasteiger partial charge >= 0.3 is 0 Å². The zero-order valence-electron chi connectivity index (χ0n) is 23.2. The number of rotatable bonds is 13. The highest BCUT2D eigenvalue weighted by Gasteiger charge is 2.21. The lowest BCUT2D eigenvalue weighted by Gasteiger charge is -2.26. The molecule has 0 saturated carbocycles. The van der Waals surface area contributed by atoms with Crippen LogP contribution in [0.3, 0.4) is 0 Å². The molecule has 4 saturated heterocycles. The van der Waals surface area contributed by atoms with Gasteiger partial charge in [-0.15, -0.1) is 0 Å². The molecule has 10 nitrogen and oxygen atoms in total. The van der Waals surface area contributed by atoms with Crippen LogP contribution < -0.4 is 0 Å². The van der Waals surface area contributed by atoms with Crippen molar-refractivity contribution in [2.75, 3.05) is 72.4 Å². The first kappa shape index (κ1) is 30.3. The number of carbonyl (C=O) groups is 4. The molecular formula is C28H48N4O6. The van der Waals surface area contributed by atoms with Crippen LogP contribution in [-0.2, 0) is 28.7 Å². The average molecular weight is 537 g/mol. The number of piperidine rings is 1. The van der Waals surface area contributed by atoms with Crippen molar-refractivity contribution in [3.05, 3.63) is 0 Å². The van der Waals surface area contributed by atoms with Crippen LogP contribution in [0.25, 0.3) is 0 Å². The Morgan fingerprint density at radius 1 is 0.447 bits per heavy atom. The summed E-state index contributed by atoms with van der Waals surface area (Å²) in [6, 6.07) is 0. The lowest BCUT2D eigenvalue weighted by Crippen LogP contribution is -2.38. The van der Waals surface area contributed by atoms with Crippen LogP contribution in [0.1, 0.15) is 83.5 Å². The van der Waals surface area contributed by atoms with Crippen LogP contribution in [0.5, 0.6) is 0 Å². The van der Waals surface area contributed by atoms with E-state index < -0.39 is 0 Å². The summed E-state index contributed by atoms with van der Waals surface area (Å²) in [6.07, 6.45) is 12.1. The number of hydrogen-bond acceptors (Lipinski definition) is 6. The number of ether oxygens (including phenoxy) is 2. The van der Waals surface area contributed by atoms with Gasteiger partial charge in [-0.05, 0) is 51.4 Å². The summed E-state index contributed by atoms with van der Waals surface area (Å²) >= 11 is 0. The van der Waals surface area contributed by atoms with Crippen molar-refractivity contribution in [1.82, 2.24) is 19.6 Å². The zero-order chi connectivity index (χ0) is 27.0. The minimum absolute atomic E-state index is 0.208. The number of likely N-dealkylation sites (tertiary alicyclic amines) is 4. The molecule has 0 atom stereocenters. The first-order valence-electron chi connectivity index (χ1n) is 14.8. The number of hydrogen-bond donors (Lipinski definition) is 0. The third-order valence-corrected chi connectivity index (χ3v) is 7.66. The molecular weight excluding hydrogens is 488 g/mol. The third kappa shape index (κ3) is 10.9. The van der Waals surface area contributed by atoms with E-state index in [1.54, 1.807) is 4.90 Å². The maximum atomic E-state index is 11.8. The van der Waals surface area contributed by atoms with Crippen molar-refractivity contribution in [3.63, 3.8) is 0 Å². The van der Waals surface area contributed by atoms with Crippen molar-refractivity contribution in [1.29, 1.82) is 0 Å². The molecule has 4 fully saturated rings. The summed E-state index contributed by atoms with van der Waals surface area (Å²) in [7, 11) is 0. The smallest absolute Gasteiger partial charge is 0.224 e. The number of amides is 4. The van der Waals surface area contributed by atoms with E-state index >= 15 is 0 Å². The summed E-state index contributed by atoms with van der Waals surface area (Å²) in [5, 5.41) is 0. The summed E-state index contributed by atoms with van der Waals surface area (Å²) in [5.41, 5.74) is 0. The molecule has 4 rings (SSSR count). The maximum Gasteiger partial charge on any atom is 0.224 e. The number of carbonyl (C=O) groups excluding carboxylic acids is 4. The van der Waals surface area contributed by atoms with Crippen molar-refractivity contribution in [2.45, 2.75) is 83.5 Å². The van der Waals surface area contributed by atoms with Gasteiger partial charge in [-0.25, -0.2) is 0 Å². The van der Waals surface area contributed by atoms with Crippen LogP contribution in [-0.4, -0.2) is 116 Å². The van der Waals surface area contributed by atoms with Crippen molar-refractivity contribution >= 4 is 23.6 Å². The topological polar surface area (TPSA) is 99.7 Å². The molecule has 0 aromatic heterocycles. The van der Waals surface area contributed by atoms with Gasteiger partial charge in [0.2, 0.25) is 23.6 Å². The highest BCUT2D eigenvalue weighted by molar-refractivity contribution is 5.78. The van der Waals surface area contributed by atoms with Crippen LogP contribution in [0.15, 0.2) is 0 Å². The molecule has 0 unspecified atom stereocenters. The van der Waals surface area contributed by atoms with Crippen LogP contribution >= 0.6 is 0 Å². The molecule has 216 valence electrons. The van der Waals surface area contributed by atoms with E-state index in [2.05, 4.69) is 0 Å². The fraction of sp³-hybridized carbons (Fsp3) is 0.857. The van der Waals surface area contributed by atoms with Crippen LogP contribution in [0.4, 0.5) is 0 Å². The Balaban J connectivity index is 0.000000212. The van der Waals surface area contributed by atoms with Crippen LogP contribution in [0, 0.1) is 0 Å². The van der Waals surface area contributed by atoms with Gasteiger partial charge in [0.1, 0.15) is 6.73 Å². The average Bonchev–Trinajstić information content (AvgIpc) is 3.46. The Labute approximate surface area is 227 Å². The van der Waals surface area contributed by atoms with E-state index in [1.165, 1.54) is 6.42 Å². The molecule has 4 heterocycles. The second-order valence-electron chi connectivity index (χ2n) is 10.6. The van der Waals surface area contributed by atoms with Gasteiger partial charge in [0.25, 0.3) is 0 Å². The minimum atomic E-state index is 0.208. The largest absolute Gasteiger partial charge is 0.378 e. The predicted octanol–water partition coefficient (Wildman–Crippen LogP) is 2.40. The molecule has 0 N–H and O–H groups in total. The second-order valence-corrected chi connectivity index (χ2v) is 10.6. The van der Waals surface area contributed by atoms with Gasteiger partial charge < -0.3 is 29.1 Å². The van der Waals surface area contributed by atoms with E-state index in [1.807, 2.05) is 14.7 Å². The first-order valence-corrected chi connectivity index (χ1v) is 14.8. The molecule has 4 aliphatic rings. The Hall–Kier alpha value is -2.20. The maximum absolute atomic E-state index is 11.8. The van der Waals surface area contributed by atoms with Crippen molar-refractivity contribution in [2.24, 2.45) is 0 Å². The SMILES string of the molecule is O=C1CCCCCN1CCCCOCN1CCCC1=O.O=C1CCCCN1CCOCCN1CCCC1=O. The molecule has 0 bridgehead atoms. The highest BCUT2D eigenvalue weighted by atomic mass is 16.5. The monoisotopic (exact) mass is 536 g/mol. The Morgan fingerprint density at radius 3 is 1.50 bits per heavy atom. The predicted molar refractivity (Wildman–Crippen MR) is 143 cm³/mol. The Kier molecular flexibility index (Phi) is 13.9. The zero-order valence-corrected chi connectivity index (χ0v) is 23.2. The van der Waals surface area contributed by atoms with Crippen molar-refractivity contribution < 1.29 is 28.7 Å². The minimum Gasteiger partial charge on any atom is -0.378 e. The summed E-state index contributed by atoms with van der Waals surface area (Å²) in [4.78, 5) is 53.5. The van der Waals surface area contributed by atoms with E-state index in [9.17, 15) is 19.2 Å². The molecule has 0 spiro atoms. The summed E-state index contributed by atoms with van der Waals surface area (Å²) in [6.45, 7) is 7.97. The van der Waals surface area contributed by atoms with Crippen molar-refractivity contribution in [3.8, 4) is 0 Å². The highest BCUT2D eigenvalue weighted by Crippen LogP contribution is 2.13. The van der Waals surface area contributed by atoms with Gasteiger partial charge in [-0.1, -0.05) is 6.42 Å². The molecule has 0 aliphatic carbocycles. The fourth-order valence-corrected chi connectivity index (χ4v) is 5.29. The quantitative estimate of drug-likeness (QED) is 0.335. The molecule has 10 heteroatoms. The van der Waals surface area contributed by atoms with Crippen LogP contribution in [0.2, 0.25) is 0 Å². The number of unbranched alkanes of at least 4 members (excludes halogenated alkanes) is 1. The van der Waals surface area contributed by atoms with E-state index in [0.29, 0.717) is 71.2 Å². The standard InChI is InChI=1S/C15H26N2O3.C13H22N2O3/c18-14-7-2-1-3-9-16(14)10-4-5-12-20-13-17-11-6-8-15(17)19;16-12-4-1-2-6-14(12)8-10-18-11-9-15-7-3-5-13(15)17/h1-13H2;1-11H2. The first-order chi connectivity index (χ1) is 18.5. The third-order valence-electron chi connectivity index (χ3n) is 7.66. The molecule has 4 amide bonds. The van der Waals surface area contributed by atoms with Gasteiger partial charge in [-0.2, -0.15) is 0 Å². The molecule has 0 aromatic rings. The lowest BCUT2D eigenvalue weighted by atomic mass is 10.1. The van der Waals surface area contributed by atoms with E-state index in [-0.39, 0.29) is 17.7 Å². The Bertz CT molecular complexity index is 764. The van der Waals surface area contributed by atoms with Gasteiger partial charge in [-0.3, -0.25) is 19.2 Å². The van der Waals surface area contributed by atoms with Gasteiger partial charge in [0.15, 0.2) is 0 Å². The van der Waals surface area contributed by atoms with Gasteiger partial charge in [0, 0.05) is 78.1 Å². The van der Waals surface area contributed by atoms with Gasteiger partial charge in [0.05, 0.1) is 13.2 Å². The summed E-state index contributed by atoms with van der Waals surface area (Å²) in [5.74, 6) is 1.01. The molecule has 0 aromatic carbocycles. The second kappa shape index (κ2) is 17.4. The molecule has 4 aliphatic heterocycles. The normalized spacial score (nSPS) is 20.7. The Morgan fingerprint density at radius 2 is 0.921 bits per heavy atom. The fourth-order valence-electron chi connectivity index (χ4n) is 5.29.